The Kier molecular flexibility index (Phi) is 4.95. The van der Waals surface area contributed by atoms with Crippen molar-refractivity contribution in [3.05, 3.63) is 88.7 Å². The lowest BCUT2D eigenvalue weighted by Gasteiger charge is -2.09. The van der Waals surface area contributed by atoms with Gasteiger partial charge in [-0.15, -0.1) is 0 Å². The minimum absolute atomic E-state index is 0.0885. The Morgan fingerprint density at radius 2 is 1.81 bits per heavy atom. The molecule has 0 bridgehead atoms. The highest BCUT2D eigenvalue weighted by atomic mass is 32.2. The van der Waals surface area contributed by atoms with Crippen LogP contribution in [-0.2, 0) is 23.5 Å². The van der Waals surface area contributed by atoms with Gasteiger partial charge in [0, 0.05) is 24.7 Å². The fraction of sp³-hybridized carbons (Fsp3) is 0.100. The first-order valence-corrected chi connectivity index (χ1v) is 9.66. The van der Waals surface area contributed by atoms with Crippen molar-refractivity contribution in [2.75, 3.05) is 0 Å². The van der Waals surface area contributed by atoms with E-state index in [0.29, 0.717) is 23.2 Å². The molecule has 2 aromatic carbocycles. The summed E-state index contributed by atoms with van der Waals surface area (Å²) in [5, 5.41) is 14.5. The van der Waals surface area contributed by atoms with Crippen molar-refractivity contribution in [1.82, 2.24) is 4.57 Å². The fourth-order valence-corrected chi connectivity index (χ4v) is 3.42. The molecule has 136 valence electrons. The normalized spacial score (nSPS) is 11.1. The highest BCUT2D eigenvalue weighted by Crippen LogP contribution is 2.20. The predicted octanol–water partition coefficient (Wildman–Crippen LogP) is 2.37. The summed E-state index contributed by atoms with van der Waals surface area (Å²) >= 11 is 0. The summed E-state index contributed by atoms with van der Waals surface area (Å²) in [6, 6.07) is 18.8. The molecule has 0 aliphatic carbocycles. The van der Waals surface area contributed by atoms with Crippen molar-refractivity contribution in [2.24, 2.45) is 12.2 Å². The van der Waals surface area contributed by atoms with Gasteiger partial charge in [-0.1, -0.05) is 36.4 Å². The van der Waals surface area contributed by atoms with Crippen LogP contribution in [-0.4, -0.2) is 18.8 Å². The van der Waals surface area contributed by atoms with Gasteiger partial charge in [0.15, 0.2) is 0 Å². The first-order chi connectivity index (χ1) is 12.8. The molecule has 0 saturated heterocycles. The Balaban J connectivity index is 1.93. The van der Waals surface area contributed by atoms with Crippen LogP contribution in [0.2, 0.25) is 0 Å². The van der Waals surface area contributed by atoms with Gasteiger partial charge in [0.25, 0.3) is 0 Å². The van der Waals surface area contributed by atoms with E-state index in [2.05, 4.69) is 0 Å². The third-order valence-electron chi connectivity index (χ3n) is 4.40. The summed E-state index contributed by atoms with van der Waals surface area (Å²) in [7, 11) is -2.08. The average molecular weight is 379 g/mol. The van der Waals surface area contributed by atoms with Crippen LogP contribution in [0.4, 0.5) is 0 Å². The lowest BCUT2D eigenvalue weighted by atomic mass is 10.0. The quantitative estimate of drug-likeness (QED) is 0.687. The molecule has 0 aliphatic heterocycles. The third-order valence-corrected chi connectivity index (χ3v) is 5.31. The van der Waals surface area contributed by atoms with Crippen LogP contribution < -0.4 is 5.14 Å². The number of nitrogens with zero attached hydrogens (tertiary/aromatic N) is 2. The van der Waals surface area contributed by atoms with Gasteiger partial charge in [0.2, 0.25) is 15.8 Å². The van der Waals surface area contributed by atoms with E-state index in [1.54, 1.807) is 35.9 Å². The summed E-state index contributed by atoms with van der Waals surface area (Å²) in [6.45, 7) is 0. The number of primary sulfonamides is 1. The van der Waals surface area contributed by atoms with Crippen LogP contribution in [0.25, 0.3) is 0 Å². The zero-order valence-corrected chi connectivity index (χ0v) is 15.4. The van der Waals surface area contributed by atoms with Crippen LogP contribution in [0.1, 0.15) is 32.9 Å². The highest BCUT2D eigenvalue weighted by Gasteiger charge is 2.16. The lowest BCUT2D eigenvalue weighted by molar-refractivity contribution is 0.103. The molecular formula is C20H17N3O3S. The maximum Gasteiger partial charge on any atom is 0.238 e. The first kappa shape index (κ1) is 18.6. The number of carbonyl (C=O) groups excluding carboxylic acids is 1. The summed E-state index contributed by atoms with van der Waals surface area (Å²) in [5.41, 5.74) is 2.86. The molecule has 0 amide bonds. The summed E-state index contributed by atoms with van der Waals surface area (Å²) < 4.78 is 24.7. The molecule has 3 aromatic rings. The molecule has 0 radical (unpaired) electrons. The van der Waals surface area contributed by atoms with Crippen molar-refractivity contribution in [3.8, 4) is 6.07 Å². The zero-order chi connectivity index (χ0) is 19.6. The van der Waals surface area contributed by atoms with Crippen LogP contribution in [0.3, 0.4) is 0 Å². The Labute approximate surface area is 157 Å². The Morgan fingerprint density at radius 3 is 2.44 bits per heavy atom. The van der Waals surface area contributed by atoms with E-state index in [-0.39, 0.29) is 16.2 Å². The van der Waals surface area contributed by atoms with Gasteiger partial charge >= 0.3 is 0 Å². The van der Waals surface area contributed by atoms with Gasteiger partial charge in [-0.25, -0.2) is 13.6 Å². The number of hydrogen-bond donors (Lipinski definition) is 1. The average Bonchev–Trinajstić information content (AvgIpc) is 3.01. The minimum atomic E-state index is -3.87. The number of nitrogens with two attached hydrogens (primary N) is 1. The highest BCUT2D eigenvalue weighted by molar-refractivity contribution is 7.89. The molecular weight excluding hydrogens is 362 g/mol. The predicted molar refractivity (Wildman–Crippen MR) is 101 cm³/mol. The smallest absolute Gasteiger partial charge is 0.238 e. The van der Waals surface area contributed by atoms with Crippen LogP contribution in [0.5, 0.6) is 0 Å². The number of carbonyl (C=O) groups is 1. The summed E-state index contributed by atoms with van der Waals surface area (Å²) in [5.74, 6) is -0.0885. The van der Waals surface area contributed by atoms with E-state index in [0.717, 1.165) is 5.69 Å². The number of rotatable bonds is 5. The molecule has 6 nitrogen and oxygen atoms in total. The van der Waals surface area contributed by atoms with Crippen LogP contribution >= 0.6 is 0 Å². The number of sulfonamides is 1. The van der Waals surface area contributed by atoms with Gasteiger partial charge in [-0.3, -0.25) is 4.79 Å². The van der Waals surface area contributed by atoms with E-state index >= 15 is 0 Å². The van der Waals surface area contributed by atoms with Crippen LogP contribution in [0, 0.1) is 11.3 Å². The molecule has 0 saturated carbocycles. The number of hydrogen-bond acceptors (Lipinski definition) is 4. The molecule has 0 spiro atoms. The van der Waals surface area contributed by atoms with Crippen molar-refractivity contribution in [1.29, 1.82) is 5.26 Å². The second kappa shape index (κ2) is 7.19. The molecule has 0 atom stereocenters. The fourth-order valence-electron chi connectivity index (χ4n) is 2.88. The van der Waals surface area contributed by atoms with E-state index in [1.807, 2.05) is 30.3 Å². The SMILES string of the molecule is Cn1c(Cc2ccc(S(N)(=O)=O)cc2C#N)ccc1C(=O)c1ccccc1. The molecule has 1 heterocycles. The Bertz CT molecular complexity index is 1160. The number of ketones is 1. The van der Waals surface area contributed by atoms with Crippen molar-refractivity contribution in [2.45, 2.75) is 11.3 Å². The molecule has 2 N–H and O–H groups in total. The second-order valence-corrected chi connectivity index (χ2v) is 7.68. The van der Waals surface area contributed by atoms with Gasteiger partial charge in [0.1, 0.15) is 0 Å². The van der Waals surface area contributed by atoms with E-state index in [4.69, 9.17) is 5.14 Å². The first-order valence-electron chi connectivity index (χ1n) is 8.11. The molecule has 27 heavy (non-hydrogen) atoms. The summed E-state index contributed by atoms with van der Waals surface area (Å²) in [6.07, 6.45) is 0.381. The maximum atomic E-state index is 12.7. The monoisotopic (exact) mass is 379 g/mol. The standard InChI is InChI=1S/C20H17N3O3S/c1-23-17(8-10-19(23)20(24)14-5-3-2-4-6-14)11-15-7-9-18(27(22,25)26)12-16(15)13-21/h2-10,12H,11H2,1H3,(H2,22,25,26). The van der Waals surface area contributed by atoms with E-state index in [1.165, 1.54) is 12.1 Å². The summed E-state index contributed by atoms with van der Waals surface area (Å²) in [4.78, 5) is 12.6. The molecule has 1 aromatic heterocycles. The Hall–Kier alpha value is -3.21. The topological polar surface area (TPSA) is 106 Å². The number of benzene rings is 2. The van der Waals surface area contributed by atoms with Crippen molar-refractivity contribution in [3.63, 3.8) is 0 Å². The van der Waals surface area contributed by atoms with Crippen LogP contribution in [0.15, 0.2) is 65.6 Å². The second-order valence-electron chi connectivity index (χ2n) is 6.12. The Morgan fingerprint density at radius 1 is 1.11 bits per heavy atom. The molecule has 3 rings (SSSR count). The molecule has 7 heteroatoms. The lowest BCUT2D eigenvalue weighted by Crippen LogP contribution is -2.13. The van der Waals surface area contributed by atoms with Crippen molar-refractivity contribution >= 4 is 15.8 Å². The van der Waals surface area contributed by atoms with Gasteiger partial charge in [-0.05, 0) is 29.8 Å². The number of aromatic nitrogens is 1. The van der Waals surface area contributed by atoms with Gasteiger partial charge in [0.05, 0.1) is 22.2 Å². The maximum absolute atomic E-state index is 12.7. The molecule has 0 fully saturated rings. The molecule has 0 unspecified atom stereocenters. The number of nitriles is 1. The molecule has 0 aliphatic rings. The van der Waals surface area contributed by atoms with Crippen molar-refractivity contribution < 1.29 is 13.2 Å². The van der Waals surface area contributed by atoms with E-state index in [9.17, 15) is 18.5 Å². The largest absolute Gasteiger partial charge is 0.345 e. The third kappa shape index (κ3) is 3.82. The van der Waals surface area contributed by atoms with E-state index < -0.39 is 10.0 Å². The van der Waals surface area contributed by atoms with Gasteiger partial charge in [-0.2, -0.15) is 5.26 Å². The minimum Gasteiger partial charge on any atom is -0.345 e. The zero-order valence-electron chi connectivity index (χ0n) is 14.6. The van der Waals surface area contributed by atoms with Gasteiger partial charge < -0.3 is 4.57 Å².